The molecule has 0 radical (unpaired) electrons. The molecular weight excluding hydrogens is 360 g/mol. The van der Waals surface area contributed by atoms with Crippen molar-refractivity contribution in [3.05, 3.63) is 72.8 Å². The zero-order valence-electron chi connectivity index (χ0n) is 15.6. The molecule has 0 spiro atoms. The smallest absolute Gasteiger partial charge is 0.338 e. The normalized spacial score (nSPS) is 9.79. The lowest BCUT2D eigenvalue weighted by Crippen LogP contribution is -2.19. The van der Waals surface area contributed by atoms with E-state index in [9.17, 15) is 14.4 Å². The van der Waals surface area contributed by atoms with Gasteiger partial charge in [0.2, 0.25) is 0 Å². The third kappa shape index (κ3) is 6.14. The second-order valence-corrected chi connectivity index (χ2v) is 5.97. The largest absolute Gasteiger partial charge is 0.423 e. The van der Waals surface area contributed by atoms with Gasteiger partial charge >= 0.3 is 18.0 Å². The van der Waals surface area contributed by atoms with E-state index in [1.54, 1.807) is 50.2 Å². The Bertz CT molecular complexity index is 874. The number of esters is 2. The molecule has 0 aliphatic rings. The van der Waals surface area contributed by atoms with Crippen LogP contribution in [0.4, 0.5) is 16.2 Å². The third-order valence-electron chi connectivity index (χ3n) is 3.30. The maximum atomic E-state index is 12.2. The Kier molecular flexibility index (Phi) is 6.70. The van der Waals surface area contributed by atoms with Gasteiger partial charge in [-0.2, -0.15) is 0 Å². The Hall–Kier alpha value is -3.87. The summed E-state index contributed by atoms with van der Waals surface area (Å²) in [5.74, 6) is -0.551. The van der Waals surface area contributed by atoms with Crippen LogP contribution in [0.25, 0.3) is 0 Å². The molecule has 144 valence electrons. The van der Waals surface area contributed by atoms with Gasteiger partial charge in [-0.3, -0.25) is 0 Å². The molecule has 0 saturated carbocycles. The zero-order chi connectivity index (χ0) is 20.7. The van der Waals surface area contributed by atoms with Crippen molar-refractivity contribution < 1.29 is 23.9 Å². The summed E-state index contributed by atoms with van der Waals surface area (Å²) in [6.07, 6.45) is 0. The Morgan fingerprint density at radius 1 is 0.750 bits per heavy atom. The first-order valence-electron chi connectivity index (χ1n) is 8.28. The standard InChI is InChI=1S/C21H20N2O5/c1-13(2)19(24)27-17-9-5-7-15(11-17)22-21(26)23-16-8-6-10-18(12-16)28-20(25)14(3)4/h5-12H,1,3H2,2,4H3,(H2,22,23,26). The van der Waals surface area contributed by atoms with Crippen LogP contribution in [-0.2, 0) is 9.59 Å². The number of hydrogen-bond acceptors (Lipinski definition) is 5. The van der Waals surface area contributed by atoms with Crippen molar-refractivity contribution in [1.82, 2.24) is 0 Å². The molecule has 0 aliphatic carbocycles. The number of benzene rings is 2. The maximum absolute atomic E-state index is 12.2. The number of amides is 2. The highest BCUT2D eigenvalue weighted by molar-refractivity contribution is 6.00. The van der Waals surface area contributed by atoms with Crippen LogP contribution in [0.2, 0.25) is 0 Å². The summed E-state index contributed by atoms with van der Waals surface area (Å²) in [6, 6.07) is 12.2. The Morgan fingerprint density at radius 2 is 1.14 bits per heavy atom. The van der Waals surface area contributed by atoms with E-state index < -0.39 is 18.0 Å². The third-order valence-corrected chi connectivity index (χ3v) is 3.30. The Balaban J connectivity index is 2.01. The number of carbonyl (C=O) groups is 3. The van der Waals surface area contributed by atoms with Gasteiger partial charge in [0.05, 0.1) is 0 Å². The summed E-state index contributed by atoms with van der Waals surface area (Å²) >= 11 is 0. The fourth-order valence-electron chi connectivity index (χ4n) is 1.96. The fourth-order valence-corrected chi connectivity index (χ4v) is 1.96. The number of hydrogen-bond donors (Lipinski definition) is 2. The van der Waals surface area contributed by atoms with Crippen molar-refractivity contribution in [2.75, 3.05) is 10.6 Å². The second kappa shape index (κ2) is 9.18. The summed E-state index contributed by atoms with van der Waals surface area (Å²) in [5.41, 5.74) is 1.38. The Labute approximate surface area is 162 Å². The molecule has 0 atom stereocenters. The molecule has 2 amide bonds. The van der Waals surface area contributed by atoms with E-state index >= 15 is 0 Å². The average Bonchev–Trinajstić information content (AvgIpc) is 2.61. The highest BCUT2D eigenvalue weighted by atomic mass is 16.5. The summed E-state index contributed by atoms with van der Waals surface area (Å²) in [4.78, 5) is 35.3. The van der Waals surface area contributed by atoms with Crippen LogP contribution in [0.15, 0.2) is 72.8 Å². The van der Waals surface area contributed by atoms with Crippen LogP contribution in [-0.4, -0.2) is 18.0 Å². The molecule has 2 aromatic rings. The van der Waals surface area contributed by atoms with Crippen molar-refractivity contribution in [2.45, 2.75) is 13.8 Å². The lowest BCUT2D eigenvalue weighted by atomic mass is 10.3. The van der Waals surface area contributed by atoms with Crippen LogP contribution < -0.4 is 20.1 Å². The molecule has 7 heteroatoms. The minimum atomic E-state index is -0.553. The van der Waals surface area contributed by atoms with E-state index in [1.807, 2.05) is 0 Å². The fraction of sp³-hybridized carbons (Fsp3) is 0.0952. The first kappa shape index (κ1) is 20.4. The number of urea groups is 1. The van der Waals surface area contributed by atoms with Crippen molar-refractivity contribution in [2.24, 2.45) is 0 Å². The van der Waals surface area contributed by atoms with Crippen LogP contribution >= 0.6 is 0 Å². The van der Waals surface area contributed by atoms with Gasteiger partial charge in [0, 0.05) is 34.7 Å². The summed E-state index contributed by atoms with van der Waals surface area (Å²) in [5, 5.41) is 5.25. The van der Waals surface area contributed by atoms with E-state index in [0.717, 1.165) is 0 Å². The van der Waals surface area contributed by atoms with E-state index in [4.69, 9.17) is 9.47 Å². The predicted octanol–water partition coefficient (Wildman–Crippen LogP) is 4.29. The van der Waals surface area contributed by atoms with Gasteiger partial charge in [0.1, 0.15) is 11.5 Å². The average molecular weight is 380 g/mol. The quantitative estimate of drug-likeness (QED) is 0.443. The van der Waals surface area contributed by atoms with Crippen molar-refractivity contribution >= 4 is 29.3 Å². The molecule has 7 nitrogen and oxygen atoms in total. The topological polar surface area (TPSA) is 93.7 Å². The number of nitrogens with one attached hydrogen (secondary N) is 2. The second-order valence-electron chi connectivity index (χ2n) is 5.97. The first-order valence-corrected chi connectivity index (χ1v) is 8.28. The molecule has 28 heavy (non-hydrogen) atoms. The SMILES string of the molecule is C=C(C)C(=O)Oc1cccc(NC(=O)Nc2cccc(OC(=O)C(=C)C)c2)c1. The zero-order valence-corrected chi connectivity index (χ0v) is 15.6. The molecule has 0 bridgehead atoms. The molecule has 2 rings (SSSR count). The van der Waals surface area contributed by atoms with Crippen LogP contribution in [0.5, 0.6) is 11.5 Å². The lowest BCUT2D eigenvalue weighted by molar-refractivity contribution is -0.130. The van der Waals surface area contributed by atoms with Crippen LogP contribution in [0.1, 0.15) is 13.8 Å². The highest BCUT2D eigenvalue weighted by Crippen LogP contribution is 2.20. The predicted molar refractivity (Wildman–Crippen MR) is 106 cm³/mol. The van der Waals surface area contributed by atoms with E-state index in [0.29, 0.717) is 11.4 Å². The molecule has 2 aromatic carbocycles. The van der Waals surface area contributed by atoms with Crippen LogP contribution in [0, 0.1) is 0 Å². The van der Waals surface area contributed by atoms with Crippen molar-refractivity contribution in [1.29, 1.82) is 0 Å². The van der Waals surface area contributed by atoms with E-state index in [1.165, 1.54) is 12.1 Å². The van der Waals surface area contributed by atoms with Gasteiger partial charge < -0.3 is 20.1 Å². The van der Waals surface area contributed by atoms with Gasteiger partial charge in [0.15, 0.2) is 0 Å². The molecule has 2 N–H and O–H groups in total. The van der Waals surface area contributed by atoms with Crippen molar-refractivity contribution in [3.8, 4) is 11.5 Å². The lowest BCUT2D eigenvalue weighted by Gasteiger charge is -2.10. The summed E-state index contributed by atoms with van der Waals surface area (Å²) in [7, 11) is 0. The molecule has 0 saturated heterocycles. The molecule has 0 aliphatic heterocycles. The van der Waals surface area contributed by atoms with Gasteiger partial charge in [0.25, 0.3) is 0 Å². The first-order chi connectivity index (χ1) is 13.2. The van der Waals surface area contributed by atoms with Crippen LogP contribution in [0.3, 0.4) is 0 Å². The Morgan fingerprint density at radius 3 is 1.50 bits per heavy atom. The number of rotatable bonds is 6. The molecule has 0 aromatic heterocycles. The summed E-state index contributed by atoms with van der Waals surface area (Å²) < 4.78 is 10.2. The van der Waals surface area contributed by atoms with E-state index in [-0.39, 0.29) is 22.6 Å². The molecule has 0 fully saturated rings. The number of anilines is 2. The minimum Gasteiger partial charge on any atom is -0.423 e. The van der Waals surface area contributed by atoms with Crippen molar-refractivity contribution in [3.63, 3.8) is 0 Å². The number of ether oxygens (including phenoxy) is 2. The van der Waals surface area contributed by atoms with Gasteiger partial charge in [-0.1, -0.05) is 25.3 Å². The molecule has 0 unspecified atom stereocenters. The monoisotopic (exact) mass is 380 g/mol. The molecular formula is C21H20N2O5. The summed E-state index contributed by atoms with van der Waals surface area (Å²) in [6.45, 7) is 10.1. The number of carbonyl (C=O) groups excluding carboxylic acids is 3. The van der Waals surface area contributed by atoms with Gasteiger partial charge in [-0.15, -0.1) is 0 Å². The maximum Gasteiger partial charge on any atom is 0.338 e. The van der Waals surface area contributed by atoms with Gasteiger partial charge in [-0.05, 0) is 38.1 Å². The van der Waals surface area contributed by atoms with E-state index in [2.05, 4.69) is 23.8 Å². The highest BCUT2D eigenvalue weighted by Gasteiger charge is 2.09. The minimum absolute atomic E-state index is 0.267. The van der Waals surface area contributed by atoms with Gasteiger partial charge in [-0.25, -0.2) is 14.4 Å². The molecule has 0 heterocycles.